The molecule has 3 aliphatic carbocycles. The average Bonchev–Trinajstić information content (AvgIpc) is 2.74. The van der Waals surface area contributed by atoms with Crippen LogP contribution in [0.15, 0.2) is 18.2 Å². The number of aliphatic hydroxyl groups is 1. The minimum Gasteiger partial charge on any atom is -0.562 e. The van der Waals surface area contributed by atoms with Crippen molar-refractivity contribution in [1.29, 1.82) is 0 Å². The van der Waals surface area contributed by atoms with E-state index in [0.29, 0.717) is 17.6 Å². The van der Waals surface area contributed by atoms with Crippen molar-refractivity contribution in [2.45, 2.75) is 51.4 Å². The van der Waals surface area contributed by atoms with Gasteiger partial charge in [-0.15, -0.1) is 5.41 Å². The number of hydrogen-bond acceptors (Lipinski definition) is 2. The number of benzene rings is 1. The number of phenols is 1. The second-order valence-electron chi connectivity index (χ2n) is 7.24. The van der Waals surface area contributed by atoms with Crippen LogP contribution in [0.3, 0.4) is 0 Å². The third kappa shape index (κ3) is 2.30. The van der Waals surface area contributed by atoms with E-state index in [1.54, 1.807) is 0 Å². The monoisotopic (exact) mass is 294 g/mol. The van der Waals surface area contributed by atoms with Crippen LogP contribution in [0.1, 0.15) is 56.1 Å². The third-order valence-electron chi connectivity index (χ3n) is 6.45. The van der Waals surface area contributed by atoms with E-state index < -0.39 is 0 Å². The fourth-order valence-corrected chi connectivity index (χ4v) is 5.36. The van der Waals surface area contributed by atoms with Crippen LogP contribution in [-0.2, 0) is 6.42 Å². The molecular formula is C18H23NaO2. The maximum absolute atomic E-state index is 10.3. The van der Waals surface area contributed by atoms with E-state index in [4.69, 9.17) is 0 Å². The Balaban J connectivity index is 0.00000132. The Bertz CT molecular complexity index is 544. The topological polar surface area (TPSA) is 40.5 Å². The van der Waals surface area contributed by atoms with Crippen LogP contribution < -0.4 is 29.6 Å². The number of fused-ring (bicyclic) bond motifs is 5. The molecule has 2 N–H and O–H groups in total. The smallest absolute Gasteiger partial charge is 0.562 e. The van der Waals surface area contributed by atoms with Crippen molar-refractivity contribution in [3.63, 3.8) is 0 Å². The number of aromatic hydroxyl groups is 1. The molecule has 108 valence electrons. The van der Waals surface area contributed by atoms with Gasteiger partial charge >= 0.3 is 29.6 Å². The van der Waals surface area contributed by atoms with Crippen LogP contribution in [0.5, 0.6) is 5.75 Å². The van der Waals surface area contributed by atoms with Crippen molar-refractivity contribution < 1.29 is 39.8 Å². The summed E-state index contributed by atoms with van der Waals surface area (Å²) < 4.78 is 0. The zero-order valence-electron chi connectivity index (χ0n) is 13.1. The van der Waals surface area contributed by atoms with E-state index in [2.05, 4.69) is 13.0 Å². The SMILES string of the molecule is C[C@]12CC[C@@H]3c4ccc(O)cc4CC[C@H]3[C@@H]1CC[C-]2O.[Na+]. The van der Waals surface area contributed by atoms with Crippen molar-refractivity contribution in [2.24, 2.45) is 17.3 Å². The first kappa shape index (κ1) is 15.9. The fourth-order valence-electron chi connectivity index (χ4n) is 5.36. The van der Waals surface area contributed by atoms with Gasteiger partial charge in [-0.3, -0.25) is 0 Å². The Morgan fingerprint density at radius 1 is 1.24 bits per heavy atom. The first-order valence-electron chi connectivity index (χ1n) is 7.96. The van der Waals surface area contributed by atoms with Gasteiger partial charge in [0.15, 0.2) is 0 Å². The normalized spacial score (nSPS) is 38.1. The third-order valence-corrected chi connectivity index (χ3v) is 6.45. The van der Waals surface area contributed by atoms with Gasteiger partial charge in [-0.05, 0) is 54.4 Å². The van der Waals surface area contributed by atoms with Gasteiger partial charge in [-0.25, -0.2) is 0 Å². The zero-order valence-corrected chi connectivity index (χ0v) is 15.1. The average molecular weight is 294 g/mol. The van der Waals surface area contributed by atoms with Gasteiger partial charge in [0.2, 0.25) is 0 Å². The summed E-state index contributed by atoms with van der Waals surface area (Å²) in [5.41, 5.74) is 2.89. The number of hydrogen-bond donors (Lipinski definition) is 2. The van der Waals surface area contributed by atoms with E-state index in [-0.39, 0.29) is 35.0 Å². The van der Waals surface area contributed by atoms with Crippen LogP contribution in [0, 0.1) is 23.4 Å². The molecule has 3 aliphatic rings. The van der Waals surface area contributed by atoms with Gasteiger partial charge in [0.25, 0.3) is 0 Å². The van der Waals surface area contributed by atoms with Gasteiger partial charge < -0.3 is 10.2 Å². The largest absolute Gasteiger partial charge is 1.00 e. The number of phenolic OH excluding ortho intramolecular Hbond substituents is 1. The maximum Gasteiger partial charge on any atom is 1.00 e. The Morgan fingerprint density at radius 3 is 2.86 bits per heavy atom. The summed E-state index contributed by atoms with van der Waals surface area (Å²) in [6, 6.07) is 5.94. The fraction of sp³-hybridized carbons (Fsp3) is 0.611. The molecular weight excluding hydrogens is 271 g/mol. The molecule has 3 heteroatoms. The van der Waals surface area contributed by atoms with Crippen LogP contribution in [-0.4, -0.2) is 10.2 Å². The van der Waals surface area contributed by atoms with Crippen molar-refractivity contribution in [3.05, 3.63) is 35.4 Å². The molecule has 0 heterocycles. The molecule has 0 radical (unpaired) electrons. The van der Waals surface area contributed by atoms with Gasteiger partial charge in [0, 0.05) is 0 Å². The van der Waals surface area contributed by atoms with E-state index in [9.17, 15) is 10.2 Å². The van der Waals surface area contributed by atoms with Crippen molar-refractivity contribution in [3.8, 4) is 5.75 Å². The minimum absolute atomic E-state index is 0. The van der Waals surface area contributed by atoms with Gasteiger partial charge in [-0.2, -0.15) is 12.5 Å². The van der Waals surface area contributed by atoms with Gasteiger partial charge in [0.05, 0.1) is 0 Å². The molecule has 2 saturated carbocycles. The van der Waals surface area contributed by atoms with Crippen LogP contribution in [0.25, 0.3) is 0 Å². The van der Waals surface area contributed by atoms with Gasteiger partial charge in [0.1, 0.15) is 5.75 Å². The minimum atomic E-state index is 0. The summed E-state index contributed by atoms with van der Waals surface area (Å²) >= 11 is 0. The maximum atomic E-state index is 10.3. The van der Waals surface area contributed by atoms with Crippen LogP contribution in [0.2, 0.25) is 0 Å². The summed E-state index contributed by atoms with van der Waals surface area (Å²) in [5, 5.41) is 20.0. The molecule has 0 aromatic heterocycles. The van der Waals surface area contributed by atoms with E-state index >= 15 is 0 Å². The number of aliphatic hydroxyl groups excluding tert-OH is 1. The second kappa shape index (κ2) is 5.56. The molecule has 1 aromatic carbocycles. The Labute approximate surface area is 149 Å². The molecule has 0 aliphatic heterocycles. The predicted molar refractivity (Wildman–Crippen MR) is 77.9 cm³/mol. The summed E-state index contributed by atoms with van der Waals surface area (Å²) in [4.78, 5) is 0. The molecule has 0 unspecified atom stereocenters. The molecule has 4 rings (SSSR count). The standard InChI is InChI=1S/C18H23O2.Na/c1-18-9-8-14-13-5-3-12(19)10-11(13)2-4-15(14)16(18)6-7-17(18)20;/h3,5,10,14-16,19-20H,2,4,6-9H2,1H3;/q-1;+1/t14-,15-,16+,18+;/m1./s1. The summed E-state index contributed by atoms with van der Waals surface area (Å²) in [6.45, 7) is 2.28. The van der Waals surface area contributed by atoms with E-state index in [0.717, 1.165) is 37.7 Å². The second-order valence-corrected chi connectivity index (χ2v) is 7.24. The summed E-state index contributed by atoms with van der Waals surface area (Å²) in [6.07, 6.45) is 7.43. The Morgan fingerprint density at radius 2 is 2.05 bits per heavy atom. The van der Waals surface area contributed by atoms with Gasteiger partial charge in [-0.1, -0.05) is 31.7 Å². The predicted octanol–water partition coefficient (Wildman–Crippen LogP) is 1.16. The molecule has 2 fully saturated rings. The quantitative estimate of drug-likeness (QED) is 0.557. The Hall–Kier alpha value is -0.0200. The number of aryl methyl sites for hydroxylation is 1. The molecule has 0 amide bonds. The molecule has 21 heavy (non-hydrogen) atoms. The zero-order chi connectivity index (χ0) is 13.9. The van der Waals surface area contributed by atoms with Crippen LogP contribution >= 0.6 is 0 Å². The molecule has 0 saturated heterocycles. The summed E-state index contributed by atoms with van der Waals surface area (Å²) in [5.74, 6) is 2.41. The van der Waals surface area contributed by atoms with E-state index in [1.165, 1.54) is 24.0 Å². The first-order valence-corrected chi connectivity index (χ1v) is 7.96. The molecule has 4 atom stereocenters. The molecule has 2 nitrogen and oxygen atoms in total. The molecule has 0 spiro atoms. The van der Waals surface area contributed by atoms with Crippen LogP contribution in [0.4, 0.5) is 0 Å². The summed E-state index contributed by atoms with van der Waals surface area (Å²) in [7, 11) is 0. The Kier molecular flexibility index (Phi) is 4.20. The molecule has 0 bridgehead atoms. The molecule has 1 aromatic rings. The van der Waals surface area contributed by atoms with Crippen molar-refractivity contribution in [1.82, 2.24) is 0 Å². The number of rotatable bonds is 0. The van der Waals surface area contributed by atoms with Crippen molar-refractivity contribution in [2.75, 3.05) is 0 Å². The van der Waals surface area contributed by atoms with E-state index in [1.807, 2.05) is 12.1 Å². The first-order chi connectivity index (χ1) is 9.59. The van der Waals surface area contributed by atoms with Crippen molar-refractivity contribution >= 4 is 0 Å².